The molecule has 0 spiro atoms. The van der Waals surface area contributed by atoms with Crippen molar-refractivity contribution in [3.8, 4) is 5.75 Å². The van der Waals surface area contributed by atoms with Crippen molar-refractivity contribution in [1.82, 2.24) is 14.5 Å². The summed E-state index contributed by atoms with van der Waals surface area (Å²) >= 11 is 0. The largest absolute Gasteiger partial charge is 0.446 e. The van der Waals surface area contributed by atoms with Gasteiger partial charge < -0.3 is 14.1 Å². The molecule has 4 rings (SSSR count). The molecule has 0 bridgehead atoms. The van der Waals surface area contributed by atoms with Gasteiger partial charge in [0.1, 0.15) is 0 Å². The third kappa shape index (κ3) is 5.31. The number of imidazole rings is 1. The predicted octanol–water partition coefficient (Wildman–Crippen LogP) is 2.35. The van der Waals surface area contributed by atoms with Crippen LogP contribution in [0.4, 0.5) is 18.9 Å². The molecule has 0 atom stereocenters. The lowest BCUT2D eigenvalue weighted by Crippen LogP contribution is -2.47. The molecule has 0 saturated carbocycles. The van der Waals surface area contributed by atoms with Gasteiger partial charge in [0, 0.05) is 39.3 Å². The van der Waals surface area contributed by atoms with Crippen molar-refractivity contribution in [2.75, 3.05) is 37.6 Å². The van der Waals surface area contributed by atoms with Gasteiger partial charge in [-0.25, -0.2) is 4.79 Å². The van der Waals surface area contributed by atoms with E-state index in [1.54, 1.807) is 9.47 Å². The Kier molecular flexibility index (Phi) is 6.12. The number of alkyl halides is 3. The number of benzene rings is 2. The van der Waals surface area contributed by atoms with Crippen LogP contribution >= 0.6 is 0 Å². The maximum absolute atomic E-state index is 13.2. The molecule has 1 aromatic heterocycles. The van der Waals surface area contributed by atoms with Crippen LogP contribution in [0.15, 0.2) is 47.3 Å². The summed E-state index contributed by atoms with van der Waals surface area (Å²) in [5.41, 5.74) is 0.280. The Morgan fingerprint density at radius 3 is 2.39 bits per heavy atom. The van der Waals surface area contributed by atoms with E-state index in [2.05, 4.69) is 14.1 Å². The number of fused-ring (bicyclic) bond motifs is 1. The van der Waals surface area contributed by atoms with Crippen molar-refractivity contribution in [3.63, 3.8) is 0 Å². The number of hydrogen-bond donors (Lipinski definition) is 2. The van der Waals surface area contributed by atoms with Gasteiger partial charge >= 0.3 is 22.3 Å². The van der Waals surface area contributed by atoms with E-state index in [9.17, 15) is 26.4 Å². The molecule has 0 unspecified atom stereocenters. The van der Waals surface area contributed by atoms with E-state index in [1.165, 1.54) is 0 Å². The average Bonchev–Trinajstić information content (AvgIpc) is 3.06. The molecule has 2 heterocycles. The van der Waals surface area contributed by atoms with Crippen LogP contribution in [-0.4, -0.2) is 60.1 Å². The molecule has 9 nitrogen and oxygen atoms in total. The van der Waals surface area contributed by atoms with Crippen LogP contribution in [0, 0.1) is 0 Å². The molecule has 1 fully saturated rings. The number of aromatic nitrogens is 2. The highest BCUT2D eigenvalue weighted by Crippen LogP contribution is 2.37. The van der Waals surface area contributed by atoms with E-state index >= 15 is 0 Å². The first-order valence-electron chi connectivity index (χ1n) is 10.0. The van der Waals surface area contributed by atoms with E-state index in [-0.39, 0.29) is 17.1 Å². The minimum absolute atomic E-state index is 0.0741. The van der Waals surface area contributed by atoms with Crippen molar-refractivity contribution in [2.45, 2.75) is 12.7 Å². The maximum Gasteiger partial charge on any atom is 0.446 e. The molecule has 0 amide bonds. The van der Waals surface area contributed by atoms with E-state index < -0.39 is 22.1 Å². The molecule has 13 heteroatoms. The third-order valence-corrected chi connectivity index (χ3v) is 5.91. The minimum atomic E-state index is -4.91. The van der Waals surface area contributed by atoms with E-state index in [4.69, 9.17) is 4.55 Å². The maximum atomic E-state index is 13.2. The topological polar surface area (TPSA) is 108 Å². The van der Waals surface area contributed by atoms with Crippen LogP contribution in [0.2, 0.25) is 0 Å². The summed E-state index contributed by atoms with van der Waals surface area (Å²) in [6.07, 6.45) is -4.63. The number of para-hydroxylation sites is 2. The molecule has 0 aliphatic carbocycles. The SMILES string of the molecule is O=c1[nH]c2ccccc2n1CCN1CCN(c2cc(C(F)(F)F)ccc2OS(=O)(=O)O)CC1. The zero-order valence-corrected chi connectivity index (χ0v) is 18.1. The normalized spacial score (nSPS) is 15.8. The number of anilines is 1. The fraction of sp³-hybridized carbons (Fsp3) is 0.350. The highest BCUT2D eigenvalue weighted by molar-refractivity contribution is 7.81. The Hall–Kier alpha value is -3.03. The van der Waals surface area contributed by atoms with Crippen molar-refractivity contribution < 1.29 is 30.3 Å². The summed E-state index contributed by atoms with van der Waals surface area (Å²) in [6, 6.07) is 9.70. The summed E-state index contributed by atoms with van der Waals surface area (Å²) < 4.78 is 76.9. The minimum Gasteiger partial charge on any atom is -0.366 e. The Morgan fingerprint density at radius 2 is 1.73 bits per heavy atom. The molecule has 2 aromatic carbocycles. The van der Waals surface area contributed by atoms with Crippen molar-refractivity contribution in [3.05, 3.63) is 58.5 Å². The molecule has 1 aliphatic heterocycles. The van der Waals surface area contributed by atoms with Crippen LogP contribution in [0.3, 0.4) is 0 Å². The highest BCUT2D eigenvalue weighted by Gasteiger charge is 2.33. The number of nitrogens with one attached hydrogen (secondary N) is 1. The number of halogens is 3. The Morgan fingerprint density at radius 1 is 1.03 bits per heavy atom. The van der Waals surface area contributed by atoms with Gasteiger partial charge in [-0.2, -0.15) is 21.6 Å². The highest BCUT2D eigenvalue weighted by atomic mass is 32.3. The van der Waals surface area contributed by atoms with Gasteiger partial charge in [-0.1, -0.05) is 12.1 Å². The predicted molar refractivity (Wildman–Crippen MR) is 115 cm³/mol. The molecular formula is C20H21F3N4O5S. The molecule has 2 N–H and O–H groups in total. The number of aromatic amines is 1. The zero-order valence-electron chi connectivity index (χ0n) is 17.2. The van der Waals surface area contributed by atoms with Gasteiger partial charge in [-0.15, -0.1) is 0 Å². The lowest BCUT2D eigenvalue weighted by atomic mass is 10.1. The van der Waals surface area contributed by atoms with E-state index in [1.807, 2.05) is 24.3 Å². The van der Waals surface area contributed by atoms with Crippen molar-refractivity contribution in [1.29, 1.82) is 0 Å². The van der Waals surface area contributed by atoms with Gasteiger partial charge in [0.2, 0.25) is 0 Å². The Balaban J connectivity index is 1.46. The molecule has 1 saturated heterocycles. The standard InChI is InChI=1S/C20H21F3N4O5S/c21-20(22,23)14-5-6-18(32-33(29,30)31)17(13-14)26-10-7-25(8-11-26)9-12-27-16-4-2-1-3-15(16)24-19(27)28/h1-6,13H,7-12H2,(H,24,28)(H,29,30,31). The first-order chi connectivity index (χ1) is 15.5. The van der Waals surface area contributed by atoms with Crippen molar-refractivity contribution >= 4 is 27.1 Å². The number of rotatable bonds is 6. The number of nitrogens with zero attached hydrogens (tertiary/aromatic N) is 3. The summed E-state index contributed by atoms with van der Waals surface area (Å²) in [5, 5.41) is 0. The molecule has 178 valence electrons. The van der Waals surface area contributed by atoms with Gasteiger partial charge in [0.25, 0.3) is 0 Å². The summed E-state index contributed by atoms with van der Waals surface area (Å²) in [4.78, 5) is 18.6. The molecule has 33 heavy (non-hydrogen) atoms. The number of hydrogen-bond acceptors (Lipinski definition) is 6. The lowest BCUT2D eigenvalue weighted by Gasteiger charge is -2.36. The molecular weight excluding hydrogens is 465 g/mol. The van der Waals surface area contributed by atoms with Gasteiger partial charge in [-0.05, 0) is 30.3 Å². The van der Waals surface area contributed by atoms with Crippen LogP contribution in [0.25, 0.3) is 11.0 Å². The van der Waals surface area contributed by atoms with E-state index in [0.29, 0.717) is 45.3 Å². The average molecular weight is 486 g/mol. The fourth-order valence-electron chi connectivity index (χ4n) is 3.91. The monoisotopic (exact) mass is 486 g/mol. The van der Waals surface area contributed by atoms with E-state index in [0.717, 1.165) is 23.2 Å². The van der Waals surface area contributed by atoms with Gasteiger partial charge in [-0.3, -0.25) is 14.0 Å². The second-order valence-electron chi connectivity index (χ2n) is 7.62. The molecule has 0 radical (unpaired) electrons. The summed E-state index contributed by atoms with van der Waals surface area (Å²) in [5.74, 6) is -0.385. The lowest BCUT2D eigenvalue weighted by molar-refractivity contribution is -0.137. The van der Waals surface area contributed by atoms with Gasteiger partial charge in [0.15, 0.2) is 5.75 Å². The fourth-order valence-corrected chi connectivity index (χ4v) is 4.28. The summed E-state index contributed by atoms with van der Waals surface area (Å²) in [7, 11) is -4.91. The van der Waals surface area contributed by atoms with Crippen LogP contribution in [0.1, 0.15) is 5.56 Å². The van der Waals surface area contributed by atoms with Gasteiger partial charge in [0.05, 0.1) is 22.3 Å². The quantitative estimate of drug-likeness (QED) is 0.515. The van der Waals surface area contributed by atoms with Crippen LogP contribution in [0.5, 0.6) is 5.75 Å². The van der Waals surface area contributed by atoms with Crippen LogP contribution in [-0.2, 0) is 23.1 Å². The second kappa shape index (κ2) is 8.72. The van der Waals surface area contributed by atoms with Crippen LogP contribution < -0.4 is 14.8 Å². The smallest absolute Gasteiger partial charge is 0.366 e. The zero-order chi connectivity index (χ0) is 23.8. The Labute approximate surface area is 186 Å². The first kappa shape index (κ1) is 23.1. The van der Waals surface area contributed by atoms with Crippen molar-refractivity contribution in [2.24, 2.45) is 0 Å². The molecule has 1 aliphatic rings. The Bertz CT molecular complexity index is 1310. The second-order valence-corrected chi connectivity index (χ2v) is 8.64. The number of H-pyrrole nitrogens is 1. The summed E-state index contributed by atoms with van der Waals surface area (Å²) in [6.45, 7) is 2.52. The molecule has 3 aromatic rings. The first-order valence-corrected chi connectivity index (χ1v) is 11.4. The number of piperazine rings is 1. The third-order valence-electron chi connectivity index (χ3n) is 5.52.